The summed E-state index contributed by atoms with van der Waals surface area (Å²) in [6, 6.07) is 5.10. The molecule has 0 aliphatic heterocycles. The number of carbonyl (C=O) groups excluding carboxylic acids is 2. The Bertz CT molecular complexity index is 489. The highest BCUT2D eigenvalue weighted by atomic mass is 35.5. The van der Waals surface area contributed by atoms with E-state index in [-0.39, 0.29) is 11.8 Å². The molecule has 0 atom stereocenters. The fraction of sp³-hybridized carbons (Fsp3) is 0.429. The minimum atomic E-state index is -0.223. The molecule has 0 heterocycles. The van der Waals surface area contributed by atoms with Crippen LogP contribution in [0.15, 0.2) is 18.2 Å². The van der Waals surface area contributed by atoms with Crippen LogP contribution < -0.4 is 16.0 Å². The molecule has 0 aliphatic carbocycles. The van der Waals surface area contributed by atoms with Crippen LogP contribution in [0.4, 0.5) is 5.69 Å². The van der Waals surface area contributed by atoms with Crippen LogP contribution in [0.5, 0.6) is 0 Å². The van der Waals surface area contributed by atoms with Gasteiger partial charge in [-0.05, 0) is 18.2 Å². The molecule has 5 nitrogen and oxygen atoms in total. The van der Waals surface area contributed by atoms with Crippen LogP contribution in [0.3, 0.4) is 0 Å². The number of halogens is 1. The van der Waals surface area contributed by atoms with E-state index in [0.29, 0.717) is 35.3 Å². The first-order chi connectivity index (χ1) is 9.43. The molecular formula is C14H20ClN3O2. The Morgan fingerprint density at radius 2 is 2.00 bits per heavy atom. The van der Waals surface area contributed by atoms with E-state index in [1.807, 2.05) is 13.8 Å². The van der Waals surface area contributed by atoms with Crippen LogP contribution >= 0.6 is 11.6 Å². The summed E-state index contributed by atoms with van der Waals surface area (Å²) in [5.41, 5.74) is 0.898. The molecule has 1 aromatic rings. The van der Waals surface area contributed by atoms with Gasteiger partial charge in [-0.3, -0.25) is 9.59 Å². The van der Waals surface area contributed by atoms with Crippen LogP contribution in [0.1, 0.15) is 30.6 Å². The van der Waals surface area contributed by atoms with Gasteiger partial charge in [-0.25, -0.2) is 0 Å². The Kier molecular flexibility index (Phi) is 6.48. The molecule has 6 heteroatoms. The first-order valence-corrected chi connectivity index (χ1v) is 6.86. The summed E-state index contributed by atoms with van der Waals surface area (Å²) in [7, 11) is 1.55. The summed E-state index contributed by atoms with van der Waals surface area (Å²) < 4.78 is 0. The summed E-state index contributed by atoms with van der Waals surface area (Å²) in [4.78, 5) is 23.3. The van der Waals surface area contributed by atoms with E-state index in [0.717, 1.165) is 0 Å². The van der Waals surface area contributed by atoms with Gasteiger partial charge in [0.2, 0.25) is 5.91 Å². The third-order valence-corrected chi connectivity index (χ3v) is 2.96. The summed E-state index contributed by atoms with van der Waals surface area (Å²) in [5, 5.41) is 8.80. The van der Waals surface area contributed by atoms with E-state index in [1.54, 1.807) is 25.2 Å². The van der Waals surface area contributed by atoms with Gasteiger partial charge in [0, 0.05) is 31.6 Å². The van der Waals surface area contributed by atoms with Crippen LogP contribution in [0, 0.1) is 0 Å². The molecule has 0 spiro atoms. The molecule has 0 unspecified atom stereocenters. The lowest BCUT2D eigenvalue weighted by molar-refractivity contribution is -0.116. The second-order valence-corrected chi connectivity index (χ2v) is 5.09. The second-order valence-electron chi connectivity index (χ2n) is 4.68. The number of hydrogen-bond donors (Lipinski definition) is 3. The van der Waals surface area contributed by atoms with Crippen molar-refractivity contribution in [1.82, 2.24) is 10.6 Å². The molecule has 0 aromatic heterocycles. The molecule has 1 aromatic carbocycles. The summed E-state index contributed by atoms with van der Waals surface area (Å²) in [6.07, 6.45) is 0.346. The highest BCUT2D eigenvalue weighted by Gasteiger charge is 2.10. The maximum Gasteiger partial charge on any atom is 0.251 e. The highest BCUT2D eigenvalue weighted by Crippen LogP contribution is 2.23. The molecule has 0 saturated heterocycles. The van der Waals surface area contributed by atoms with Gasteiger partial charge in [0.25, 0.3) is 5.91 Å². The monoisotopic (exact) mass is 297 g/mol. The van der Waals surface area contributed by atoms with E-state index < -0.39 is 0 Å². The first-order valence-electron chi connectivity index (χ1n) is 6.49. The molecule has 0 saturated carbocycles. The summed E-state index contributed by atoms with van der Waals surface area (Å²) >= 11 is 6.01. The molecule has 0 aliphatic rings. The van der Waals surface area contributed by atoms with Crippen molar-refractivity contribution < 1.29 is 9.59 Å². The molecule has 1 rings (SSSR count). The quantitative estimate of drug-likeness (QED) is 0.752. The molecular weight excluding hydrogens is 278 g/mol. The first kappa shape index (κ1) is 16.5. The molecule has 2 amide bonds. The van der Waals surface area contributed by atoms with Crippen LogP contribution in [0.25, 0.3) is 0 Å². The van der Waals surface area contributed by atoms with Gasteiger partial charge in [0.1, 0.15) is 0 Å². The average molecular weight is 298 g/mol. The summed E-state index contributed by atoms with van der Waals surface area (Å²) in [5.74, 6) is -0.368. The normalized spacial score (nSPS) is 10.4. The topological polar surface area (TPSA) is 70.2 Å². The van der Waals surface area contributed by atoms with Crippen LogP contribution in [-0.2, 0) is 4.79 Å². The van der Waals surface area contributed by atoms with Gasteiger partial charge in [-0.1, -0.05) is 25.4 Å². The second kappa shape index (κ2) is 7.87. The number of rotatable bonds is 6. The maximum atomic E-state index is 11.8. The van der Waals surface area contributed by atoms with Crippen molar-refractivity contribution >= 4 is 29.1 Å². The average Bonchev–Trinajstić information content (AvgIpc) is 2.40. The Labute approximate surface area is 124 Å². The van der Waals surface area contributed by atoms with Gasteiger partial charge >= 0.3 is 0 Å². The SMILES string of the molecule is CNC(=O)c1ccc(Cl)c(NC(=O)CCNC(C)C)c1. The third kappa shape index (κ3) is 5.19. The zero-order valence-corrected chi connectivity index (χ0v) is 12.7. The van der Waals surface area contributed by atoms with E-state index >= 15 is 0 Å². The van der Waals surface area contributed by atoms with Gasteiger partial charge in [-0.2, -0.15) is 0 Å². The number of nitrogens with one attached hydrogen (secondary N) is 3. The van der Waals surface area contributed by atoms with E-state index in [2.05, 4.69) is 16.0 Å². The molecule has 0 fully saturated rings. The van der Waals surface area contributed by atoms with E-state index in [9.17, 15) is 9.59 Å². The molecule has 110 valence electrons. The minimum Gasteiger partial charge on any atom is -0.355 e. The minimum absolute atomic E-state index is 0.144. The van der Waals surface area contributed by atoms with Crippen molar-refractivity contribution in [2.45, 2.75) is 26.3 Å². The predicted molar refractivity (Wildman–Crippen MR) is 81.2 cm³/mol. The fourth-order valence-corrected chi connectivity index (χ4v) is 1.76. The Hall–Kier alpha value is -1.59. The van der Waals surface area contributed by atoms with Crippen molar-refractivity contribution in [1.29, 1.82) is 0 Å². The maximum absolute atomic E-state index is 11.8. The lowest BCUT2D eigenvalue weighted by Crippen LogP contribution is -2.27. The lowest BCUT2D eigenvalue weighted by atomic mass is 10.2. The Balaban J connectivity index is 2.66. The number of benzene rings is 1. The van der Waals surface area contributed by atoms with Crippen molar-refractivity contribution in [3.05, 3.63) is 28.8 Å². The Morgan fingerprint density at radius 1 is 1.30 bits per heavy atom. The van der Waals surface area contributed by atoms with Crippen molar-refractivity contribution in [3.8, 4) is 0 Å². The highest BCUT2D eigenvalue weighted by molar-refractivity contribution is 6.33. The zero-order chi connectivity index (χ0) is 15.1. The van der Waals surface area contributed by atoms with Crippen molar-refractivity contribution in [3.63, 3.8) is 0 Å². The zero-order valence-electron chi connectivity index (χ0n) is 11.9. The van der Waals surface area contributed by atoms with Crippen molar-refractivity contribution in [2.75, 3.05) is 18.9 Å². The molecule has 20 heavy (non-hydrogen) atoms. The fourth-order valence-electron chi connectivity index (χ4n) is 1.59. The number of hydrogen-bond acceptors (Lipinski definition) is 3. The van der Waals surface area contributed by atoms with Gasteiger partial charge in [0.15, 0.2) is 0 Å². The molecule has 0 radical (unpaired) electrons. The summed E-state index contributed by atoms with van der Waals surface area (Å²) in [6.45, 7) is 4.62. The van der Waals surface area contributed by atoms with Crippen LogP contribution in [-0.4, -0.2) is 31.4 Å². The predicted octanol–water partition coefficient (Wildman–Crippen LogP) is 2.03. The van der Waals surface area contributed by atoms with Crippen LogP contribution in [0.2, 0.25) is 5.02 Å². The lowest BCUT2D eigenvalue weighted by Gasteiger charge is -2.10. The van der Waals surface area contributed by atoms with Gasteiger partial charge in [0.05, 0.1) is 10.7 Å². The standard InChI is InChI=1S/C14H20ClN3O2/c1-9(2)17-7-6-13(19)18-12-8-10(14(20)16-3)4-5-11(12)15/h4-5,8-9,17H,6-7H2,1-3H3,(H,16,20)(H,18,19). The number of amides is 2. The number of anilines is 1. The van der Waals surface area contributed by atoms with E-state index in [1.165, 1.54) is 0 Å². The smallest absolute Gasteiger partial charge is 0.251 e. The largest absolute Gasteiger partial charge is 0.355 e. The van der Waals surface area contributed by atoms with Gasteiger partial charge in [-0.15, -0.1) is 0 Å². The Morgan fingerprint density at radius 3 is 2.60 bits per heavy atom. The van der Waals surface area contributed by atoms with Gasteiger partial charge < -0.3 is 16.0 Å². The third-order valence-electron chi connectivity index (χ3n) is 2.63. The molecule has 0 bridgehead atoms. The van der Waals surface area contributed by atoms with E-state index in [4.69, 9.17) is 11.6 Å². The molecule has 3 N–H and O–H groups in total. The number of carbonyl (C=O) groups is 2. The van der Waals surface area contributed by atoms with Crippen molar-refractivity contribution in [2.24, 2.45) is 0 Å².